The number of aryl methyl sites for hydroxylation is 2. The van der Waals surface area contributed by atoms with Crippen molar-refractivity contribution in [2.24, 2.45) is 0 Å². The number of nitrogens with zero attached hydrogens (tertiary/aromatic N) is 1. The average Bonchev–Trinajstić information content (AvgIpc) is 3.69. The predicted octanol–water partition coefficient (Wildman–Crippen LogP) is 11.4. The molecular formula is C45H31N. The highest BCUT2D eigenvalue weighted by Crippen LogP contribution is 2.64. The number of aromatic nitrogens is 1. The van der Waals surface area contributed by atoms with Gasteiger partial charge >= 0.3 is 0 Å². The topological polar surface area (TPSA) is 4.93 Å². The molecule has 0 amide bonds. The Morgan fingerprint density at radius 3 is 1.83 bits per heavy atom. The molecule has 7 aromatic carbocycles. The van der Waals surface area contributed by atoms with Crippen LogP contribution in [-0.4, -0.2) is 4.57 Å². The van der Waals surface area contributed by atoms with Crippen LogP contribution in [0.1, 0.15) is 33.4 Å². The van der Waals surface area contributed by atoms with Crippen molar-refractivity contribution in [2.45, 2.75) is 19.3 Å². The minimum absolute atomic E-state index is 0.424. The Balaban J connectivity index is 1.37. The van der Waals surface area contributed by atoms with E-state index in [4.69, 9.17) is 0 Å². The monoisotopic (exact) mass is 585 g/mol. The quantitative estimate of drug-likeness (QED) is 0.190. The molecule has 0 aliphatic heterocycles. The average molecular weight is 586 g/mol. The lowest BCUT2D eigenvalue weighted by atomic mass is 9.69. The van der Waals surface area contributed by atoms with Crippen LogP contribution < -0.4 is 0 Å². The largest absolute Gasteiger partial charge is 0.309 e. The Bertz CT molecular complexity index is 2490. The molecule has 0 radical (unpaired) electrons. The van der Waals surface area contributed by atoms with Crippen LogP contribution in [0.25, 0.3) is 60.9 Å². The third-order valence-corrected chi connectivity index (χ3v) is 10.5. The van der Waals surface area contributed by atoms with Crippen LogP contribution in [0.2, 0.25) is 0 Å². The summed E-state index contributed by atoms with van der Waals surface area (Å²) in [4.78, 5) is 0. The van der Waals surface area contributed by atoms with E-state index in [1.807, 2.05) is 0 Å². The van der Waals surface area contributed by atoms with Crippen LogP contribution in [0.15, 0.2) is 152 Å². The first-order valence-corrected chi connectivity index (χ1v) is 16.2. The van der Waals surface area contributed by atoms with Gasteiger partial charge in [0.2, 0.25) is 0 Å². The zero-order valence-corrected chi connectivity index (χ0v) is 25.9. The van der Waals surface area contributed by atoms with E-state index < -0.39 is 5.41 Å². The molecule has 0 bridgehead atoms. The van der Waals surface area contributed by atoms with Crippen molar-refractivity contribution in [3.63, 3.8) is 0 Å². The molecule has 10 rings (SSSR count). The van der Waals surface area contributed by atoms with Gasteiger partial charge in [0.25, 0.3) is 0 Å². The highest BCUT2D eigenvalue weighted by molar-refractivity contribution is 6.11. The predicted molar refractivity (Wildman–Crippen MR) is 192 cm³/mol. The summed E-state index contributed by atoms with van der Waals surface area (Å²) < 4.78 is 2.54. The van der Waals surface area contributed by atoms with Gasteiger partial charge in [0.15, 0.2) is 0 Å². The maximum absolute atomic E-state index is 2.54. The number of fused-ring (bicyclic) bond motifs is 13. The third kappa shape index (κ3) is 3.20. The molecular weight excluding hydrogens is 555 g/mol. The summed E-state index contributed by atoms with van der Waals surface area (Å²) in [6.07, 6.45) is 0. The number of hydrogen-bond acceptors (Lipinski definition) is 0. The maximum Gasteiger partial charge on any atom is 0.0746 e. The molecule has 0 fully saturated rings. The summed E-state index contributed by atoms with van der Waals surface area (Å²) in [5.41, 5.74) is 19.2. The first-order valence-electron chi connectivity index (χ1n) is 16.2. The van der Waals surface area contributed by atoms with E-state index in [1.165, 1.54) is 94.3 Å². The van der Waals surface area contributed by atoms with Gasteiger partial charge in [-0.15, -0.1) is 0 Å². The van der Waals surface area contributed by atoms with E-state index >= 15 is 0 Å². The zero-order valence-electron chi connectivity index (χ0n) is 25.9. The lowest BCUT2D eigenvalue weighted by molar-refractivity contribution is 0.784. The molecule has 8 aromatic rings. The SMILES string of the molecule is Cc1ccc2c(c1)C1(c3cc(C)ccc3-2)c2ccccc2-c2cccc(-n3c4ccccc4c4cc(-c5ccccc5)ccc43)c21. The van der Waals surface area contributed by atoms with Gasteiger partial charge in [-0.1, -0.05) is 139 Å². The van der Waals surface area contributed by atoms with Crippen molar-refractivity contribution < 1.29 is 0 Å². The van der Waals surface area contributed by atoms with Crippen LogP contribution in [-0.2, 0) is 5.41 Å². The number of para-hydroxylation sites is 1. The lowest BCUT2D eigenvalue weighted by Gasteiger charge is -2.33. The summed E-state index contributed by atoms with van der Waals surface area (Å²) in [5.74, 6) is 0. The van der Waals surface area contributed by atoms with Gasteiger partial charge in [0, 0.05) is 16.3 Å². The van der Waals surface area contributed by atoms with E-state index in [1.54, 1.807) is 0 Å². The molecule has 216 valence electrons. The van der Waals surface area contributed by atoms with Crippen molar-refractivity contribution in [3.8, 4) is 39.1 Å². The molecule has 1 spiro atoms. The van der Waals surface area contributed by atoms with E-state index in [-0.39, 0.29) is 0 Å². The summed E-state index contributed by atoms with van der Waals surface area (Å²) >= 11 is 0. The molecule has 1 heteroatoms. The third-order valence-electron chi connectivity index (χ3n) is 10.5. The fourth-order valence-electron chi connectivity index (χ4n) is 8.68. The summed E-state index contributed by atoms with van der Waals surface area (Å²) in [5, 5.41) is 2.55. The van der Waals surface area contributed by atoms with Gasteiger partial charge in [-0.05, 0) is 88.2 Å². The first-order chi connectivity index (χ1) is 22.6. The standard InChI is InChI=1S/C45H31N/c1-28-19-22-33-34-23-20-29(2)26-40(34)45(39(33)25-28)38-16-8-6-13-32(38)36-15-10-18-43(44(36)45)46-41-17-9-7-14-35(41)37-27-31(21-24-42(37)46)30-11-4-3-5-12-30/h3-27H,1-2H3. The molecule has 2 aliphatic carbocycles. The Labute approximate surface area is 269 Å². The fraction of sp³-hybridized carbons (Fsp3) is 0.0667. The lowest BCUT2D eigenvalue weighted by Crippen LogP contribution is -2.27. The van der Waals surface area contributed by atoms with Crippen LogP contribution >= 0.6 is 0 Å². The Morgan fingerprint density at radius 2 is 1.04 bits per heavy atom. The second-order valence-corrected chi connectivity index (χ2v) is 13.0. The summed E-state index contributed by atoms with van der Waals surface area (Å²) in [7, 11) is 0. The number of benzene rings is 7. The van der Waals surface area contributed by atoms with Gasteiger partial charge in [0.05, 0.1) is 22.1 Å². The molecule has 0 saturated carbocycles. The minimum Gasteiger partial charge on any atom is -0.309 e. The van der Waals surface area contributed by atoms with Crippen LogP contribution in [0.5, 0.6) is 0 Å². The normalized spacial score (nSPS) is 13.6. The molecule has 0 saturated heterocycles. The number of rotatable bonds is 2. The van der Waals surface area contributed by atoms with Crippen molar-refractivity contribution in [3.05, 3.63) is 185 Å². The summed E-state index contributed by atoms with van der Waals surface area (Å²) in [6, 6.07) is 56.8. The molecule has 2 aliphatic rings. The maximum atomic E-state index is 2.54. The van der Waals surface area contributed by atoms with Gasteiger partial charge < -0.3 is 4.57 Å². The van der Waals surface area contributed by atoms with Crippen molar-refractivity contribution in [1.82, 2.24) is 4.57 Å². The Kier molecular flexibility index (Phi) is 5.12. The second-order valence-electron chi connectivity index (χ2n) is 13.0. The summed E-state index contributed by atoms with van der Waals surface area (Å²) in [6.45, 7) is 4.46. The zero-order chi connectivity index (χ0) is 30.6. The molecule has 46 heavy (non-hydrogen) atoms. The smallest absolute Gasteiger partial charge is 0.0746 e. The van der Waals surface area contributed by atoms with E-state index in [0.29, 0.717) is 0 Å². The van der Waals surface area contributed by atoms with E-state index in [0.717, 1.165) is 0 Å². The molecule has 1 aromatic heterocycles. The second kappa shape index (κ2) is 9.19. The van der Waals surface area contributed by atoms with Crippen LogP contribution in [0, 0.1) is 13.8 Å². The highest BCUT2D eigenvalue weighted by Gasteiger charge is 2.53. The van der Waals surface area contributed by atoms with Gasteiger partial charge in [-0.2, -0.15) is 0 Å². The highest BCUT2D eigenvalue weighted by atomic mass is 15.0. The molecule has 1 nitrogen and oxygen atoms in total. The Morgan fingerprint density at radius 1 is 0.413 bits per heavy atom. The molecule has 1 heterocycles. The van der Waals surface area contributed by atoms with Crippen molar-refractivity contribution in [1.29, 1.82) is 0 Å². The van der Waals surface area contributed by atoms with Crippen molar-refractivity contribution in [2.75, 3.05) is 0 Å². The van der Waals surface area contributed by atoms with Gasteiger partial charge in [-0.25, -0.2) is 0 Å². The molecule has 0 N–H and O–H groups in total. The van der Waals surface area contributed by atoms with Crippen LogP contribution in [0.3, 0.4) is 0 Å². The van der Waals surface area contributed by atoms with Gasteiger partial charge in [-0.3, -0.25) is 0 Å². The van der Waals surface area contributed by atoms with E-state index in [9.17, 15) is 0 Å². The Hall–Kier alpha value is -5.66. The minimum atomic E-state index is -0.424. The van der Waals surface area contributed by atoms with Gasteiger partial charge in [0.1, 0.15) is 0 Å². The molecule has 0 unspecified atom stereocenters. The first kappa shape index (κ1) is 25.6. The van der Waals surface area contributed by atoms with Crippen LogP contribution in [0.4, 0.5) is 0 Å². The van der Waals surface area contributed by atoms with E-state index in [2.05, 4.69) is 170 Å². The van der Waals surface area contributed by atoms with Crippen molar-refractivity contribution >= 4 is 21.8 Å². The fourth-order valence-corrected chi connectivity index (χ4v) is 8.68. The number of hydrogen-bond donors (Lipinski definition) is 0. The molecule has 0 atom stereocenters.